The second kappa shape index (κ2) is 10.7. The molecule has 0 amide bonds. The normalized spacial score (nSPS) is 41.2. The van der Waals surface area contributed by atoms with E-state index in [9.17, 15) is 35.1 Å². The summed E-state index contributed by atoms with van der Waals surface area (Å²) >= 11 is 0. The second-order valence-electron chi connectivity index (χ2n) is 13.2. The molecule has 214 valence electrons. The fourth-order valence-corrected chi connectivity index (χ4v) is 7.89. The van der Waals surface area contributed by atoms with Crippen LogP contribution < -0.4 is 5.48 Å². The number of carbonyl (C=O) groups is 2. The van der Waals surface area contributed by atoms with Gasteiger partial charge in [0.1, 0.15) is 11.3 Å². The van der Waals surface area contributed by atoms with Crippen LogP contribution in [-0.2, 0) is 14.4 Å². The fraction of sp³-hybridized carbons (Fsp3) is 0.793. The third-order valence-corrected chi connectivity index (χ3v) is 9.68. The molecule has 0 aromatic carbocycles. The summed E-state index contributed by atoms with van der Waals surface area (Å²) in [5.74, 6) is -4.54. The number of hydrogen-bond donors (Lipinski definition) is 6. The summed E-state index contributed by atoms with van der Waals surface area (Å²) in [5, 5.41) is 57.3. The van der Waals surface area contributed by atoms with E-state index >= 15 is 0 Å². The van der Waals surface area contributed by atoms with E-state index in [1.165, 1.54) is 0 Å². The zero-order chi connectivity index (χ0) is 28.2. The Bertz CT molecular complexity index is 999. The molecule has 7 unspecified atom stereocenters. The summed E-state index contributed by atoms with van der Waals surface area (Å²) in [7, 11) is 1.54. The van der Waals surface area contributed by atoms with Gasteiger partial charge in [0, 0.05) is 30.7 Å². The van der Waals surface area contributed by atoms with Crippen LogP contribution in [0.25, 0.3) is 0 Å². The molecule has 2 fully saturated rings. The quantitative estimate of drug-likeness (QED) is 0.163. The van der Waals surface area contributed by atoms with Crippen molar-refractivity contribution in [2.45, 2.75) is 90.1 Å². The predicted molar refractivity (Wildman–Crippen MR) is 140 cm³/mol. The number of aliphatic hydroxyl groups is 5. The Morgan fingerprint density at radius 1 is 1.18 bits per heavy atom. The molecular formula is C29H45NO8. The van der Waals surface area contributed by atoms with Crippen LogP contribution in [-0.4, -0.2) is 74.7 Å². The third-order valence-electron chi connectivity index (χ3n) is 9.68. The summed E-state index contributed by atoms with van der Waals surface area (Å²) < 4.78 is 0. The Hall–Kier alpha value is -1.62. The molecule has 4 rings (SSSR count). The third kappa shape index (κ3) is 5.02. The molecule has 0 aliphatic heterocycles. The van der Waals surface area contributed by atoms with Crippen molar-refractivity contribution >= 4 is 11.6 Å². The van der Waals surface area contributed by atoms with Gasteiger partial charge in [0.05, 0.1) is 25.4 Å². The predicted octanol–water partition coefficient (Wildman–Crippen LogP) is 1.99. The Morgan fingerprint density at radius 3 is 2.47 bits per heavy atom. The minimum atomic E-state index is -2.20. The molecule has 0 heterocycles. The van der Waals surface area contributed by atoms with Gasteiger partial charge in [-0.3, -0.25) is 9.59 Å². The molecular weight excluding hydrogens is 490 g/mol. The smallest absolute Gasteiger partial charge is 0.170 e. The summed E-state index contributed by atoms with van der Waals surface area (Å²) in [6.07, 6.45) is 1.74. The summed E-state index contributed by atoms with van der Waals surface area (Å²) in [6.45, 7) is 8.16. The lowest BCUT2D eigenvalue weighted by molar-refractivity contribution is -0.225. The van der Waals surface area contributed by atoms with Crippen molar-refractivity contribution in [2.24, 2.45) is 40.9 Å². The number of carbonyl (C=O) groups excluding carboxylic acids is 2. The number of Topliss-reactive ketones (excluding diaryl/α,β-unsaturated/α-hetero) is 2. The number of allylic oxidation sites excluding steroid dienone is 1. The van der Waals surface area contributed by atoms with Gasteiger partial charge in [-0.1, -0.05) is 26.8 Å². The second-order valence-corrected chi connectivity index (χ2v) is 13.2. The molecule has 38 heavy (non-hydrogen) atoms. The summed E-state index contributed by atoms with van der Waals surface area (Å²) in [5.41, 5.74) is 1.27. The molecule has 2 saturated carbocycles. The van der Waals surface area contributed by atoms with Crippen molar-refractivity contribution in [1.82, 2.24) is 5.48 Å². The number of rotatable bonds is 7. The van der Waals surface area contributed by atoms with E-state index in [0.29, 0.717) is 25.8 Å². The first-order valence-corrected chi connectivity index (χ1v) is 13.9. The lowest BCUT2D eigenvalue weighted by Gasteiger charge is -2.59. The molecule has 0 aromatic rings. The maximum absolute atomic E-state index is 12.7. The summed E-state index contributed by atoms with van der Waals surface area (Å²) in [6, 6.07) is 0. The number of aliphatic hydroxyl groups excluding tert-OH is 4. The minimum Gasteiger partial charge on any atom is -0.508 e. The molecule has 0 saturated heterocycles. The zero-order valence-electron chi connectivity index (χ0n) is 23.2. The Labute approximate surface area is 224 Å². The first kappa shape index (κ1) is 29.4. The molecule has 6 N–H and O–H groups in total. The van der Waals surface area contributed by atoms with Gasteiger partial charge in [-0.05, 0) is 67.8 Å². The van der Waals surface area contributed by atoms with Crippen LogP contribution in [0.15, 0.2) is 23.0 Å². The standard InChI is InChI=1S/C29H45NO8/c1-14(31)21-20(32)12-18-10-16-11-19-17(13-30-38-5)9-15(7-6-8-28(2,3)4)24(33)23(19)25(34)22(16)27(36)29(18,37)26(21)35/h9,16-19,22-25,27,30,33-37H,6-8,10-13H2,1-5H3/t16-,17?,18+,19?,22?,23?,24?,25?,27?,29-/m1/s1. The van der Waals surface area contributed by atoms with Crippen LogP contribution in [0, 0.1) is 40.9 Å². The van der Waals surface area contributed by atoms with E-state index in [0.717, 1.165) is 25.3 Å². The molecule has 0 aromatic heterocycles. The Kier molecular flexibility index (Phi) is 8.30. The van der Waals surface area contributed by atoms with E-state index in [1.807, 2.05) is 0 Å². The van der Waals surface area contributed by atoms with E-state index < -0.39 is 64.6 Å². The molecule has 0 spiro atoms. The topological polar surface area (TPSA) is 157 Å². The monoisotopic (exact) mass is 535 g/mol. The van der Waals surface area contributed by atoms with Crippen molar-refractivity contribution in [3.8, 4) is 0 Å². The van der Waals surface area contributed by atoms with E-state index in [2.05, 4.69) is 32.3 Å². The van der Waals surface area contributed by atoms with Crippen LogP contribution in [0.5, 0.6) is 0 Å². The van der Waals surface area contributed by atoms with Crippen LogP contribution in [0.4, 0.5) is 0 Å². The van der Waals surface area contributed by atoms with Gasteiger partial charge in [0.25, 0.3) is 0 Å². The fourth-order valence-electron chi connectivity index (χ4n) is 7.89. The number of ketones is 2. The van der Waals surface area contributed by atoms with Crippen LogP contribution in [0.2, 0.25) is 0 Å². The molecule has 9 nitrogen and oxygen atoms in total. The van der Waals surface area contributed by atoms with Gasteiger partial charge < -0.3 is 30.4 Å². The van der Waals surface area contributed by atoms with Gasteiger partial charge in [0.15, 0.2) is 17.2 Å². The zero-order valence-corrected chi connectivity index (χ0v) is 23.2. The Morgan fingerprint density at radius 2 is 1.87 bits per heavy atom. The number of fused-ring (bicyclic) bond motifs is 3. The van der Waals surface area contributed by atoms with E-state index in [4.69, 9.17) is 4.84 Å². The average molecular weight is 536 g/mol. The van der Waals surface area contributed by atoms with Gasteiger partial charge in [-0.25, -0.2) is 5.48 Å². The first-order valence-electron chi connectivity index (χ1n) is 13.9. The van der Waals surface area contributed by atoms with Gasteiger partial charge >= 0.3 is 0 Å². The van der Waals surface area contributed by atoms with Crippen LogP contribution in [0.3, 0.4) is 0 Å². The highest BCUT2D eigenvalue weighted by Gasteiger charge is 2.64. The first-order chi connectivity index (χ1) is 17.7. The van der Waals surface area contributed by atoms with E-state index in [1.54, 1.807) is 7.11 Å². The highest BCUT2D eigenvalue weighted by Crippen LogP contribution is 2.57. The maximum Gasteiger partial charge on any atom is 0.170 e. The molecule has 10 atom stereocenters. The van der Waals surface area contributed by atoms with E-state index in [-0.39, 0.29) is 29.6 Å². The van der Waals surface area contributed by atoms with Crippen LogP contribution in [0.1, 0.15) is 66.2 Å². The average Bonchev–Trinajstić information content (AvgIpc) is 2.81. The number of nitrogens with one attached hydrogen (secondary N) is 1. The van der Waals surface area contributed by atoms with Crippen molar-refractivity contribution < 1.29 is 40.0 Å². The van der Waals surface area contributed by atoms with Crippen molar-refractivity contribution in [3.05, 3.63) is 23.0 Å². The SMILES string of the molecule is CONCC1C=C(CCCC(C)(C)C)C(O)C2C(O)C3C(O)[C@]4(O)C(O)=C(C(C)=O)C(=O)C[C@@H]4C[C@@H]3CC12. The summed E-state index contributed by atoms with van der Waals surface area (Å²) in [4.78, 5) is 29.9. The van der Waals surface area contributed by atoms with Gasteiger partial charge in [-0.15, -0.1) is 0 Å². The molecule has 0 radical (unpaired) electrons. The number of hydroxylamine groups is 1. The maximum atomic E-state index is 12.7. The Balaban J connectivity index is 1.67. The lowest BCUT2D eigenvalue weighted by atomic mass is 9.49. The molecule has 0 bridgehead atoms. The van der Waals surface area contributed by atoms with Crippen LogP contribution >= 0.6 is 0 Å². The van der Waals surface area contributed by atoms with Gasteiger partial charge in [0.2, 0.25) is 0 Å². The van der Waals surface area contributed by atoms with Crippen molar-refractivity contribution in [3.63, 3.8) is 0 Å². The highest BCUT2D eigenvalue weighted by molar-refractivity contribution is 6.20. The minimum absolute atomic E-state index is 0.0212. The van der Waals surface area contributed by atoms with Crippen molar-refractivity contribution in [2.75, 3.05) is 13.7 Å². The number of hydrogen-bond acceptors (Lipinski definition) is 9. The molecule has 9 heteroatoms. The lowest BCUT2D eigenvalue weighted by Crippen LogP contribution is -2.67. The highest BCUT2D eigenvalue weighted by atomic mass is 16.6. The van der Waals surface area contributed by atoms with Crippen molar-refractivity contribution in [1.29, 1.82) is 0 Å². The molecule has 4 aliphatic rings. The molecule has 4 aliphatic carbocycles. The largest absolute Gasteiger partial charge is 0.508 e. The van der Waals surface area contributed by atoms with Gasteiger partial charge in [-0.2, -0.15) is 0 Å².